The summed E-state index contributed by atoms with van der Waals surface area (Å²) in [5.41, 5.74) is 2.39. The molecule has 0 radical (unpaired) electrons. The Morgan fingerprint density at radius 3 is 2.64 bits per heavy atom. The van der Waals surface area contributed by atoms with E-state index in [4.69, 9.17) is 15.8 Å². The second kappa shape index (κ2) is 6.35. The summed E-state index contributed by atoms with van der Waals surface area (Å²) in [4.78, 5) is 13.5. The lowest BCUT2D eigenvalue weighted by Crippen LogP contribution is -2.33. The van der Waals surface area contributed by atoms with Crippen LogP contribution in [0.5, 0.6) is 5.75 Å². The predicted octanol–water partition coefficient (Wildman–Crippen LogP) is 3.71. The van der Waals surface area contributed by atoms with Gasteiger partial charge in [-0.1, -0.05) is 17.7 Å². The summed E-state index contributed by atoms with van der Waals surface area (Å²) < 4.78 is 30.4. The normalized spacial score (nSPS) is 16.6. The fraction of sp³-hybridized carbons (Fsp3) is 0.278. The number of hydrogen-bond acceptors (Lipinski definition) is 4. The average Bonchev–Trinajstić information content (AvgIpc) is 2.85. The van der Waals surface area contributed by atoms with Crippen LogP contribution >= 0.6 is 11.6 Å². The molecule has 132 valence electrons. The SMILES string of the molecule is CC(=O)N1c2ccc(S(=O)(=O)Oc3cc(C)ccc3Cl)cc2CC1C. The van der Waals surface area contributed by atoms with Crippen LogP contribution in [0.4, 0.5) is 5.69 Å². The molecular weight excluding hydrogens is 362 g/mol. The molecule has 0 spiro atoms. The number of rotatable bonds is 3. The molecular formula is C18H18ClNO4S. The van der Waals surface area contributed by atoms with Gasteiger partial charge in [-0.15, -0.1) is 0 Å². The zero-order valence-electron chi connectivity index (χ0n) is 14.1. The molecule has 25 heavy (non-hydrogen) atoms. The lowest BCUT2D eigenvalue weighted by molar-refractivity contribution is -0.116. The molecule has 1 heterocycles. The van der Waals surface area contributed by atoms with Crippen molar-refractivity contribution < 1.29 is 17.4 Å². The van der Waals surface area contributed by atoms with Crippen LogP contribution in [0.15, 0.2) is 41.3 Å². The van der Waals surface area contributed by atoms with E-state index in [1.807, 2.05) is 13.8 Å². The number of amides is 1. The van der Waals surface area contributed by atoms with Crippen molar-refractivity contribution in [1.29, 1.82) is 0 Å². The molecule has 0 saturated carbocycles. The molecule has 1 amide bonds. The van der Waals surface area contributed by atoms with Crippen LogP contribution in [-0.2, 0) is 21.3 Å². The van der Waals surface area contributed by atoms with E-state index in [2.05, 4.69) is 0 Å². The van der Waals surface area contributed by atoms with Gasteiger partial charge in [-0.3, -0.25) is 4.79 Å². The molecule has 2 aromatic carbocycles. The fourth-order valence-corrected chi connectivity index (χ4v) is 4.28. The lowest BCUT2D eigenvalue weighted by atomic mass is 10.1. The second-order valence-corrected chi connectivity index (χ2v) is 8.16. The highest BCUT2D eigenvalue weighted by Gasteiger charge is 2.30. The van der Waals surface area contributed by atoms with E-state index >= 15 is 0 Å². The van der Waals surface area contributed by atoms with Gasteiger partial charge in [0.1, 0.15) is 4.90 Å². The van der Waals surface area contributed by atoms with Gasteiger partial charge in [-0.2, -0.15) is 8.42 Å². The maximum atomic E-state index is 12.6. The minimum absolute atomic E-state index is 0.00223. The molecule has 1 aliphatic rings. The molecule has 5 nitrogen and oxygen atoms in total. The van der Waals surface area contributed by atoms with Crippen LogP contribution in [-0.4, -0.2) is 20.4 Å². The van der Waals surface area contributed by atoms with Crippen molar-refractivity contribution in [1.82, 2.24) is 0 Å². The zero-order chi connectivity index (χ0) is 18.4. The third-order valence-electron chi connectivity index (χ3n) is 4.18. The second-order valence-electron chi connectivity index (χ2n) is 6.20. The monoisotopic (exact) mass is 379 g/mol. The largest absolute Gasteiger partial charge is 0.377 e. The van der Waals surface area contributed by atoms with Crippen molar-refractivity contribution in [3.63, 3.8) is 0 Å². The Morgan fingerprint density at radius 2 is 1.96 bits per heavy atom. The number of carbonyl (C=O) groups excluding carboxylic acids is 1. The Hall–Kier alpha value is -2.05. The van der Waals surface area contributed by atoms with Crippen molar-refractivity contribution in [3.05, 3.63) is 52.5 Å². The number of nitrogens with zero attached hydrogens (tertiary/aromatic N) is 1. The van der Waals surface area contributed by atoms with Crippen molar-refractivity contribution >= 4 is 33.3 Å². The first kappa shape index (κ1) is 17.8. The Kier molecular flexibility index (Phi) is 4.51. The first-order valence-electron chi connectivity index (χ1n) is 7.82. The predicted molar refractivity (Wildman–Crippen MR) is 96.8 cm³/mol. The highest BCUT2D eigenvalue weighted by atomic mass is 35.5. The van der Waals surface area contributed by atoms with Gasteiger partial charge >= 0.3 is 10.1 Å². The number of fused-ring (bicyclic) bond motifs is 1. The van der Waals surface area contributed by atoms with Gasteiger partial charge < -0.3 is 9.08 Å². The fourth-order valence-electron chi connectivity index (χ4n) is 3.08. The van der Waals surface area contributed by atoms with E-state index in [1.54, 1.807) is 35.2 Å². The van der Waals surface area contributed by atoms with Crippen molar-refractivity contribution in [2.75, 3.05) is 4.90 Å². The molecule has 2 aromatic rings. The minimum atomic E-state index is -4.02. The molecule has 0 N–H and O–H groups in total. The van der Waals surface area contributed by atoms with Gasteiger partial charge in [0, 0.05) is 18.7 Å². The van der Waals surface area contributed by atoms with Crippen molar-refractivity contribution in [3.8, 4) is 5.75 Å². The van der Waals surface area contributed by atoms with E-state index in [0.29, 0.717) is 6.42 Å². The third-order valence-corrected chi connectivity index (χ3v) is 5.72. The van der Waals surface area contributed by atoms with Crippen LogP contribution in [0.2, 0.25) is 5.02 Å². The number of hydrogen-bond donors (Lipinski definition) is 0. The molecule has 3 rings (SSSR count). The minimum Gasteiger partial charge on any atom is -0.377 e. The van der Waals surface area contributed by atoms with Crippen LogP contribution in [0.1, 0.15) is 25.0 Å². The third kappa shape index (κ3) is 3.37. The standard InChI is InChI=1S/C18H18ClNO4S/c1-11-4-6-16(19)18(8-11)24-25(22,23)15-5-7-17-14(10-15)9-12(2)20(17)13(3)21/h4-8,10,12H,9H2,1-3H3. The van der Waals surface area contributed by atoms with E-state index in [-0.39, 0.29) is 27.6 Å². The first-order valence-corrected chi connectivity index (χ1v) is 9.61. The van der Waals surface area contributed by atoms with Crippen LogP contribution in [0.3, 0.4) is 0 Å². The average molecular weight is 380 g/mol. The molecule has 1 unspecified atom stereocenters. The summed E-state index contributed by atoms with van der Waals surface area (Å²) >= 11 is 6.02. The van der Waals surface area contributed by atoms with Gasteiger partial charge in [-0.05, 0) is 61.7 Å². The summed E-state index contributed by atoms with van der Waals surface area (Å²) in [6.45, 7) is 5.25. The summed E-state index contributed by atoms with van der Waals surface area (Å²) in [6, 6.07) is 9.60. The van der Waals surface area contributed by atoms with Gasteiger partial charge in [0.05, 0.1) is 5.02 Å². The Bertz CT molecular complexity index is 956. The molecule has 0 aromatic heterocycles. The zero-order valence-corrected chi connectivity index (χ0v) is 15.7. The highest BCUT2D eigenvalue weighted by molar-refractivity contribution is 7.87. The van der Waals surface area contributed by atoms with Crippen LogP contribution in [0.25, 0.3) is 0 Å². The molecule has 0 fully saturated rings. The Morgan fingerprint density at radius 1 is 1.24 bits per heavy atom. The number of anilines is 1. The smallest absolute Gasteiger partial charge is 0.339 e. The van der Waals surface area contributed by atoms with Gasteiger partial charge in [0.25, 0.3) is 0 Å². The van der Waals surface area contributed by atoms with Gasteiger partial charge in [0.2, 0.25) is 5.91 Å². The molecule has 1 aliphatic heterocycles. The lowest BCUT2D eigenvalue weighted by Gasteiger charge is -2.20. The maximum absolute atomic E-state index is 12.6. The Balaban J connectivity index is 1.96. The van der Waals surface area contributed by atoms with Gasteiger partial charge in [0.15, 0.2) is 5.75 Å². The van der Waals surface area contributed by atoms with E-state index in [0.717, 1.165) is 16.8 Å². The topological polar surface area (TPSA) is 63.7 Å². The molecule has 0 aliphatic carbocycles. The van der Waals surface area contributed by atoms with E-state index in [9.17, 15) is 13.2 Å². The maximum Gasteiger partial charge on any atom is 0.339 e. The summed E-state index contributed by atoms with van der Waals surface area (Å²) in [6.07, 6.45) is 0.601. The summed E-state index contributed by atoms with van der Waals surface area (Å²) in [7, 11) is -4.02. The number of halogens is 1. The van der Waals surface area contributed by atoms with Crippen molar-refractivity contribution in [2.24, 2.45) is 0 Å². The molecule has 7 heteroatoms. The number of carbonyl (C=O) groups is 1. The molecule has 0 bridgehead atoms. The van der Waals surface area contributed by atoms with E-state index < -0.39 is 10.1 Å². The van der Waals surface area contributed by atoms with Crippen LogP contribution in [0, 0.1) is 6.92 Å². The Labute approximate surface area is 152 Å². The van der Waals surface area contributed by atoms with E-state index in [1.165, 1.54) is 13.0 Å². The molecule has 0 saturated heterocycles. The van der Waals surface area contributed by atoms with Gasteiger partial charge in [-0.25, -0.2) is 0 Å². The van der Waals surface area contributed by atoms with Crippen LogP contribution < -0.4 is 9.08 Å². The molecule has 1 atom stereocenters. The summed E-state index contributed by atoms with van der Waals surface area (Å²) in [5, 5.41) is 0.228. The summed E-state index contributed by atoms with van der Waals surface area (Å²) in [5.74, 6) is 0.0329. The number of benzene rings is 2. The van der Waals surface area contributed by atoms with Crippen molar-refractivity contribution in [2.45, 2.75) is 38.1 Å². The highest BCUT2D eigenvalue weighted by Crippen LogP contribution is 2.35. The number of aryl methyl sites for hydroxylation is 1. The quantitative estimate of drug-likeness (QED) is 0.762. The first-order chi connectivity index (χ1) is 11.7.